The monoisotopic (exact) mass is 408 g/mol. The molecule has 0 unspecified atom stereocenters. The molecular formula is C24H28N2S2. The Balaban J connectivity index is 1.93. The van der Waals surface area contributed by atoms with Crippen LogP contribution in [0.1, 0.15) is 55.2 Å². The van der Waals surface area contributed by atoms with Crippen LogP contribution in [0.3, 0.4) is 0 Å². The highest BCUT2D eigenvalue weighted by Crippen LogP contribution is 2.48. The number of aromatic nitrogens is 1. The van der Waals surface area contributed by atoms with Gasteiger partial charge in [-0.3, -0.25) is 3.96 Å². The second-order valence-electron chi connectivity index (χ2n) is 8.41. The second kappa shape index (κ2) is 7.16. The lowest BCUT2D eigenvalue weighted by atomic mass is 9.87. The lowest BCUT2D eigenvalue weighted by Gasteiger charge is -2.33. The van der Waals surface area contributed by atoms with E-state index in [1.54, 1.807) is 11.5 Å². The summed E-state index contributed by atoms with van der Waals surface area (Å²) < 4.78 is 3.13. The lowest BCUT2D eigenvalue weighted by molar-refractivity contribution is 0.619. The lowest BCUT2D eigenvalue weighted by Crippen LogP contribution is -2.30. The first-order chi connectivity index (χ1) is 13.3. The quantitative estimate of drug-likeness (QED) is 0.449. The molecule has 146 valence electrons. The summed E-state index contributed by atoms with van der Waals surface area (Å²) in [6.45, 7) is 11.1. The highest BCUT2D eigenvalue weighted by molar-refractivity contribution is 7.71. The van der Waals surface area contributed by atoms with Crippen molar-refractivity contribution in [1.82, 2.24) is 3.96 Å². The normalized spacial score (nSPS) is 14.3. The van der Waals surface area contributed by atoms with E-state index in [9.17, 15) is 0 Å². The molecule has 0 radical (unpaired) electrons. The first kappa shape index (κ1) is 19.4. The third-order valence-electron chi connectivity index (χ3n) is 5.64. The van der Waals surface area contributed by atoms with Crippen molar-refractivity contribution >= 4 is 29.4 Å². The van der Waals surface area contributed by atoms with Gasteiger partial charge < -0.3 is 5.32 Å². The Labute approximate surface area is 177 Å². The highest BCUT2D eigenvalue weighted by atomic mass is 32.1. The maximum atomic E-state index is 6.01. The number of rotatable bonds is 4. The van der Waals surface area contributed by atoms with Gasteiger partial charge in [-0.2, -0.15) is 0 Å². The molecule has 0 atom stereocenters. The number of unbranched alkanes of at least 4 members (excludes halogenated alkanes) is 1. The van der Waals surface area contributed by atoms with E-state index in [-0.39, 0.29) is 5.54 Å². The van der Waals surface area contributed by atoms with Gasteiger partial charge in [-0.25, -0.2) is 0 Å². The summed E-state index contributed by atoms with van der Waals surface area (Å²) in [5.74, 6) is 0. The zero-order chi connectivity index (χ0) is 20.1. The molecule has 0 fully saturated rings. The molecule has 0 saturated heterocycles. The molecule has 0 bridgehead atoms. The van der Waals surface area contributed by atoms with Crippen molar-refractivity contribution in [3.63, 3.8) is 0 Å². The van der Waals surface area contributed by atoms with Crippen LogP contribution in [0.15, 0.2) is 36.4 Å². The van der Waals surface area contributed by atoms with Crippen molar-refractivity contribution in [2.45, 2.75) is 59.4 Å². The Kier molecular flexibility index (Phi) is 4.96. The van der Waals surface area contributed by atoms with Crippen LogP contribution in [0, 0.1) is 18.5 Å². The maximum Gasteiger partial charge on any atom is 0.129 e. The van der Waals surface area contributed by atoms with Crippen LogP contribution in [0.2, 0.25) is 0 Å². The van der Waals surface area contributed by atoms with E-state index in [4.69, 9.17) is 12.2 Å². The Morgan fingerprint density at radius 3 is 2.50 bits per heavy atom. The summed E-state index contributed by atoms with van der Waals surface area (Å²) >= 11 is 7.78. The van der Waals surface area contributed by atoms with Gasteiger partial charge in [-0.05, 0) is 75.9 Å². The first-order valence-corrected chi connectivity index (χ1v) is 11.3. The van der Waals surface area contributed by atoms with Crippen LogP contribution in [0.4, 0.5) is 5.69 Å². The van der Waals surface area contributed by atoms with Crippen LogP contribution >= 0.6 is 23.8 Å². The van der Waals surface area contributed by atoms with Crippen molar-refractivity contribution in [1.29, 1.82) is 0 Å². The van der Waals surface area contributed by atoms with Gasteiger partial charge in [0, 0.05) is 16.8 Å². The minimum Gasteiger partial charge on any atom is -0.375 e. The standard InChI is InChI=1S/C24H28N2S2/c1-6-7-8-17-14-19-20(13-16(17)3)25-24(4,5)22-21(19)23(27)26(28-22)18-11-9-15(2)10-12-18/h9-14,25H,6-8H2,1-5H3. The van der Waals surface area contributed by atoms with Gasteiger partial charge in [0.2, 0.25) is 0 Å². The van der Waals surface area contributed by atoms with Crippen molar-refractivity contribution < 1.29 is 0 Å². The Morgan fingerprint density at radius 2 is 1.82 bits per heavy atom. The average Bonchev–Trinajstić information content (AvgIpc) is 3.00. The molecule has 2 heterocycles. The molecule has 4 heteroatoms. The van der Waals surface area contributed by atoms with Crippen LogP contribution < -0.4 is 5.32 Å². The van der Waals surface area contributed by atoms with Crippen LogP contribution in [0.25, 0.3) is 16.8 Å². The summed E-state index contributed by atoms with van der Waals surface area (Å²) in [7, 11) is 0. The molecule has 4 rings (SSSR count). The SMILES string of the molecule is CCCCc1cc2c(cc1C)NC(C)(C)c1sn(-c3ccc(C)cc3)c(=S)c1-2. The number of anilines is 1. The van der Waals surface area contributed by atoms with E-state index in [2.05, 4.69) is 80.3 Å². The number of benzene rings is 2. The van der Waals surface area contributed by atoms with E-state index in [1.165, 1.54) is 51.2 Å². The summed E-state index contributed by atoms with van der Waals surface area (Å²) in [6, 6.07) is 13.3. The zero-order valence-corrected chi connectivity index (χ0v) is 19.0. The fourth-order valence-corrected chi connectivity index (χ4v) is 5.64. The fourth-order valence-electron chi connectivity index (χ4n) is 3.98. The molecule has 1 N–H and O–H groups in total. The van der Waals surface area contributed by atoms with E-state index < -0.39 is 0 Å². The number of fused-ring (bicyclic) bond motifs is 3. The summed E-state index contributed by atoms with van der Waals surface area (Å²) in [5, 5.41) is 3.77. The predicted molar refractivity (Wildman–Crippen MR) is 125 cm³/mol. The van der Waals surface area contributed by atoms with Crippen molar-refractivity contribution in [2.24, 2.45) is 0 Å². The Morgan fingerprint density at radius 1 is 1.11 bits per heavy atom. The third-order valence-corrected chi connectivity index (χ3v) is 7.61. The van der Waals surface area contributed by atoms with Gasteiger partial charge in [0.1, 0.15) is 4.64 Å². The van der Waals surface area contributed by atoms with Crippen LogP contribution in [-0.2, 0) is 12.0 Å². The summed E-state index contributed by atoms with van der Waals surface area (Å²) in [6.07, 6.45) is 3.56. The predicted octanol–water partition coefficient (Wildman–Crippen LogP) is 7.56. The minimum absolute atomic E-state index is 0.145. The first-order valence-electron chi connectivity index (χ1n) is 10.1. The molecule has 1 aliphatic heterocycles. The van der Waals surface area contributed by atoms with Gasteiger partial charge in [0.15, 0.2) is 0 Å². The molecule has 0 amide bonds. The van der Waals surface area contributed by atoms with E-state index >= 15 is 0 Å². The number of nitrogens with one attached hydrogen (secondary N) is 1. The molecule has 1 aromatic heterocycles. The maximum absolute atomic E-state index is 6.01. The Bertz CT molecular complexity index is 1090. The molecule has 0 saturated carbocycles. The van der Waals surface area contributed by atoms with Crippen molar-refractivity contribution in [2.75, 3.05) is 5.32 Å². The van der Waals surface area contributed by atoms with Crippen molar-refractivity contribution in [3.05, 3.63) is 62.6 Å². The van der Waals surface area contributed by atoms with Gasteiger partial charge in [0.05, 0.1) is 16.1 Å². The largest absolute Gasteiger partial charge is 0.375 e. The molecule has 3 aromatic rings. The number of nitrogens with zero attached hydrogens (tertiary/aromatic N) is 1. The molecule has 2 aromatic carbocycles. The molecule has 0 aliphatic carbocycles. The van der Waals surface area contributed by atoms with E-state index in [1.807, 2.05) is 0 Å². The molecule has 2 nitrogen and oxygen atoms in total. The number of hydrogen-bond donors (Lipinski definition) is 1. The summed E-state index contributed by atoms with van der Waals surface area (Å²) in [4.78, 5) is 1.32. The molecule has 0 spiro atoms. The fraction of sp³-hybridized carbons (Fsp3) is 0.375. The topological polar surface area (TPSA) is 17.0 Å². The number of aryl methyl sites for hydroxylation is 3. The second-order valence-corrected chi connectivity index (χ2v) is 9.75. The Hall–Kier alpha value is -1.91. The van der Waals surface area contributed by atoms with Gasteiger partial charge in [-0.1, -0.05) is 54.8 Å². The minimum atomic E-state index is -0.145. The highest BCUT2D eigenvalue weighted by Gasteiger charge is 2.35. The molecular weight excluding hydrogens is 380 g/mol. The molecule has 1 aliphatic rings. The number of hydrogen-bond acceptors (Lipinski definition) is 3. The third kappa shape index (κ3) is 3.23. The summed E-state index contributed by atoms with van der Waals surface area (Å²) in [5.41, 5.74) is 8.77. The van der Waals surface area contributed by atoms with Crippen LogP contribution in [0.5, 0.6) is 0 Å². The zero-order valence-electron chi connectivity index (χ0n) is 17.3. The smallest absolute Gasteiger partial charge is 0.129 e. The van der Waals surface area contributed by atoms with Crippen LogP contribution in [-0.4, -0.2) is 3.96 Å². The van der Waals surface area contributed by atoms with Crippen molar-refractivity contribution in [3.8, 4) is 16.8 Å². The average molecular weight is 409 g/mol. The van der Waals surface area contributed by atoms with Gasteiger partial charge >= 0.3 is 0 Å². The van der Waals surface area contributed by atoms with Gasteiger partial charge in [0.25, 0.3) is 0 Å². The molecule has 28 heavy (non-hydrogen) atoms. The van der Waals surface area contributed by atoms with E-state index in [0.717, 1.165) is 16.7 Å². The van der Waals surface area contributed by atoms with E-state index in [0.29, 0.717) is 0 Å². The van der Waals surface area contributed by atoms with Gasteiger partial charge in [-0.15, -0.1) is 0 Å².